The van der Waals surface area contributed by atoms with E-state index in [0.717, 1.165) is 62.3 Å². The number of hydrogen-bond acceptors (Lipinski definition) is 5. The average Bonchev–Trinajstić information content (AvgIpc) is 3.36. The molecule has 0 saturated heterocycles. The zero-order valence-electron chi connectivity index (χ0n) is 22.0. The number of hydrogen-bond donors (Lipinski definition) is 3. The van der Waals surface area contributed by atoms with E-state index in [1.165, 1.54) is 6.07 Å². The lowest BCUT2D eigenvalue weighted by Crippen LogP contribution is -2.19. The fourth-order valence-corrected chi connectivity index (χ4v) is 5.00. The monoisotopic (exact) mass is 519 g/mol. The van der Waals surface area contributed by atoms with Crippen LogP contribution in [-0.2, 0) is 0 Å². The van der Waals surface area contributed by atoms with Gasteiger partial charge >= 0.3 is 0 Å². The van der Waals surface area contributed by atoms with Crippen LogP contribution in [0.2, 0.25) is 0 Å². The second-order valence-corrected chi connectivity index (χ2v) is 10.0. The highest BCUT2D eigenvalue weighted by Crippen LogP contribution is 2.38. The summed E-state index contributed by atoms with van der Waals surface area (Å²) in [6, 6.07) is 23.0. The summed E-state index contributed by atoms with van der Waals surface area (Å²) in [4.78, 5) is 10.3. The number of pyridine rings is 1. The molecular weight excluding hydrogens is 489 g/mol. The first-order chi connectivity index (χ1) is 18.9. The van der Waals surface area contributed by atoms with Crippen molar-refractivity contribution in [2.45, 2.75) is 0 Å². The van der Waals surface area contributed by atoms with Gasteiger partial charge in [-0.15, -0.1) is 0 Å². The lowest BCUT2D eigenvalue weighted by atomic mass is 9.96. The largest absolute Gasteiger partial charge is 0.492 e. The van der Waals surface area contributed by atoms with Gasteiger partial charge < -0.3 is 25.7 Å². The average molecular weight is 520 g/mol. The van der Waals surface area contributed by atoms with Crippen molar-refractivity contribution in [1.82, 2.24) is 14.9 Å². The number of halogens is 1. The summed E-state index contributed by atoms with van der Waals surface area (Å²) in [5, 5.41) is 4.39. The summed E-state index contributed by atoms with van der Waals surface area (Å²) in [5.41, 5.74) is 14.5. The number of nitrogens with one attached hydrogen (secondary N) is 2. The molecule has 1 aliphatic rings. The highest BCUT2D eigenvalue weighted by Gasteiger charge is 2.19. The number of nitrogen functional groups attached to an aromatic ring is 1. The molecule has 0 atom stereocenters. The van der Waals surface area contributed by atoms with Crippen molar-refractivity contribution in [3.8, 4) is 28.0 Å². The van der Waals surface area contributed by atoms with Crippen LogP contribution in [0.3, 0.4) is 0 Å². The Kier molecular flexibility index (Phi) is 6.50. The van der Waals surface area contributed by atoms with Crippen molar-refractivity contribution in [2.24, 2.45) is 0 Å². The number of nitrogens with two attached hydrogens (primary N) is 1. The summed E-state index contributed by atoms with van der Waals surface area (Å²) in [6.45, 7) is 1.91. The van der Waals surface area contributed by atoms with Gasteiger partial charge in [-0.05, 0) is 73.3 Å². The molecule has 5 aromatic rings. The number of likely N-dealkylation sites (N-methyl/N-ethyl adjacent to an activating group) is 1. The van der Waals surface area contributed by atoms with Crippen LogP contribution < -0.4 is 15.8 Å². The first kappa shape index (κ1) is 24.7. The lowest BCUT2D eigenvalue weighted by molar-refractivity contribution is 0.260. The summed E-state index contributed by atoms with van der Waals surface area (Å²) in [5.74, 6) is 1.04. The molecule has 0 amide bonds. The molecule has 196 valence electrons. The van der Waals surface area contributed by atoms with Crippen LogP contribution in [-0.4, -0.2) is 48.7 Å². The van der Waals surface area contributed by atoms with Crippen LogP contribution in [0.25, 0.3) is 38.7 Å². The lowest BCUT2D eigenvalue weighted by Gasteiger charge is -2.19. The number of fused-ring (bicyclic) bond motifs is 2. The smallest absolute Gasteiger partial charge is 0.134 e. The van der Waals surface area contributed by atoms with E-state index in [-0.39, 0.29) is 5.82 Å². The van der Waals surface area contributed by atoms with Gasteiger partial charge in [-0.2, -0.15) is 0 Å². The van der Waals surface area contributed by atoms with E-state index in [2.05, 4.69) is 28.5 Å². The number of nitrogens with zero attached hydrogens (tertiary/aromatic N) is 2. The molecule has 0 bridgehead atoms. The van der Waals surface area contributed by atoms with E-state index >= 15 is 0 Å². The van der Waals surface area contributed by atoms with Gasteiger partial charge in [0.1, 0.15) is 24.0 Å². The van der Waals surface area contributed by atoms with Crippen LogP contribution in [0.1, 0.15) is 11.3 Å². The quantitative estimate of drug-likeness (QED) is 0.216. The second-order valence-electron chi connectivity index (χ2n) is 10.0. The van der Waals surface area contributed by atoms with Crippen molar-refractivity contribution in [1.29, 1.82) is 0 Å². The molecule has 0 fully saturated rings. The molecule has 3 aromatic carbocycles. The summed E-state index contributed by atoms with van der Waals surface area (Å²) >= 11 is 0. The van der Waals surface area contributed by atoms with Gasteiger partial charge in [0.15, 0.2) is 0 Å². The van der Waals surface area contributed by atoms with Gasteiger partial charge in [0.2, 0.25) is 0 Å². The molecule has 4 N–H and O–H groups in total. The van der Waals surface area contributed by atoms with Crippen LogP contribution in [0.15, 0.2) is 85.1 Å². The fraction of sp³-hybridized carbons (Fsp3) is 0.156. The van der Waals surface area contributed by atoms with E-state index in [1.807, 2.05) is 73.7 Å². The Morgan fingerprint density at radius 3 is 2.67 bits per heavy atom. The van der Waals surface area contributed by atoms with E-state index in [9.17, 15) is 4.39 Å². The van der Waals surface area contributed by atoms with Gasteiger partial charge in [-0.3, -0.25) is 0 Å². The molecule has 0 radical (unpaired) electrons. The minimum absolute atomic E-state index is 0.324. The molecular formula is C32H30FN5O. The van der Waals surface area contributed by atoms with Gasteiger partial charge in [-0.25, -0.2) is 9.37 Å². The first-order valence-corrected chi connectivity index (χ1v) is 13.0. The highest BCUT2D eigenvalue weighted by molar-refractivity contribution is 6.00. The molecule has 3 heterocycles. The van der Waals surface area contributed by atoms with Crippen LogP contribution in [0.4, 0.5) is 15.9 Å². The predicted octanol–water partition coefficient (Wildman–Crippen LogP) is 6.42. The Hall–Kier alpha value is -4.62. The molecule has 1 aliphatic heterocycles. The summed E-state index contributed by atoms with van der Waals surface area (Å²) < 4.78 is 20.5. The zero-order chi connectivity index (χ0) is 26.9. The zero-order valence-corrected chi connectivity index (χ0v) is 22.0. The van der Waals surface area contributed by atoms with E-state index in [1.54, 1.807) is 6.07 Å². The van der Waals surface area contributed by atoms with Crippen molar-refractivity contribution in [3.05, 3.63) is 102 Å². The van der Waals surface area contributed by atoms with Crippen molar-refractivity contribution in [2.75, 3.05) is 44.8 Å². The molecule has 6 nitrogen and oxygen atoms in total. The van der Waals surface area contributed by atoms with E-state index in [0.29, 0.717) is 24.6 Å². The maximum Gasteiger partial charge on any atom is 0.134 e. The Labute approximate surface area is 227 Å². The molecule has 7 heteroatoms. The Morgan fingerprint density at radius 2 is 1.82 bits per heavy atom. The van der Waals surface area contributed by atoms with Crippen molar-refractivity contribution >= 4 is 28.0 Å². The third kappa shape index (κ3) is 5.09. The molecule has 39 heavy (non-hydrogen) atoms. The molecule has 6 rings (SSSR count). The maximum absolute atomic E-state index is 14.6. The van der Waals surface area contributed by atoms with E-state index in [4.69, 9.17) is 15.5 Å². The van der Waals surface area contributed by atoms with Gasteiger partial charge in [0.05, 0.1) is 0 Å². The fourth-order valence-electron chi connectivity index (χ4n) is 5.00. The molecule has 0 aliphatic carbocycles. The topological polar surface area (TPSA) is 79.2 Å². The minimum atomic E-state index is -0.324. The normalized spacial score (nSPS) is 12.8. The molecule has 0 unspecified atom stereocenters. The van der Waals surface area contributed by atoms with E-state index < -0.39 is 0 Å². The second kappa shape index (κ2) is 10.3. The number of rotatable bonds is 7. The van der Waals surface area contributed by atoms with Gasteiger partial charge in [0, 0.05) is 64.3 Å². The standard InChI is InChI=1S/C32H30FN5O/c1-38(2)11-12-39-25-15-21(13-23(33)17-25)26-7-4-8-30-28(26)18-31(37-30)27-9-10-35-32-29(27)16-22(19-36-32)20-5-3-6-24(34)14-20/h3-9,13-19,37H,10-12,34H2,1-2H3,(H,35,36). The molecule has 2 aromatic heterocycles. The SMILES string of the molecule is CN(C)CCOc1cc(F)cc(-c2cccc3[nH]c(C4=CCNc5ncc(-c6cccc(N)c6)cc54)cc23)c1. The van der Waals surface area contributed by atoms with Crippen LogP contribution in [0, 0.1) is 5.82 Å². The summed E-state index contributed by atoms with van der Waals surface area (Å²) in [7, 11) is 3.96. The molecule has 0 saturated carbocycles. The summed E-state index contributed by atoms with van der Waals surface area (Å²) in [6.07, 6.45) is 4.03. The predicted molar refractivity (Wildman–Crippen MR) is 157 cm³/mol. The number of benzene rings is 3. The van der Waals surface area contributed by atoms with Crippen molar-refractivity contribution in [3.63, 3.8) is 0 Å². The number of H-pyrrole nitrogens is 1. The first-order valence-electron chi connectivity index (χ1n) is 13.0. The third-order valence-corrected chi connectivity index (χ3v) is 6.92. The Morgan fingerprint density at radius 1 is 0.949 bits per heavy atom. The number of anilines is 2. The number of ether oxygens (including phenoxy) is 1. The van der Waals surface area contributed by atoms with Crippen molar-refractivity contribution < 1.29 is 9.13 Å². The number of aromatic amines is 1. The van der Waals surface area contributed by atoms with Crippen LogP contribution >= 0.6 is 0 Å². The maximum atomic E-state index is 14.6. The number of aromatic nitrogens is 2. The highest BCUT2D eigenvalue weighted by atomic mass is 19.1. The minimum Gasteiger partial charge on any atom is -0.492 e. The Bertz CT molecular complexity index is 1700. The Balaban J connectivity index is 1.38. The van der Waals surface area contributed by atoms with Crippen LogP contribution in [0.5, 0.6) is 5.75 Å². The van der Waals surface area contributed by atoms with Gasteiger partial charge in [0.25, 0.3) is 0 Å². The molecule has 0 spiro atoms. The third-order valence-electron chi connectivity index (χ3n) is 6.92. The van der Waals surface area contributed by atoms with Gasteiger partial charge in [-0.1, -0.05) is 30.3 Å².